The zero-order valence-electron chi connectivity index (χ0n) is 20.4. The second-order valence-electron chi connectivity index (χ2n) is 10.2. The van der Waals surface area contributed by atoms with E-state index in [1.807, 2.05) is 4.90 Å². The van der Waals surface area contributed by atoms with Crippen molar-refractivity contribution in [2.75, 3.05) is 13.1 Å². The van der Waals surface area contributed by atoms with E-state index in [1.165, 1.54) is 12.1 Å². The molecule has 184 valence electrons. The first kappa shape index (κ1) is 24.9. The first-order valence-corrected chi connectivity index (χ1v) is 13.1. The van der Waals surface area contributed by atoms with Gasteiger partial charge in [0.1, 0.15) is 17.7 Å². The van der Waals surface area contributed by atoms with Gasteiger partial charge in [0.25, 0.3) is 0 Å². The average molecular weight is 497 g/mol. The number of benzene rings is 2. The second-order valence-corrected chi connectivity index (χ2v) is 12.1. The maximum absolute atomic E-state index is 13.7. The highest BCUT2D eigenvalue weighted by molar-refractivity contribution is 7.91. The largest absolute Gasteiger partial charge is 0.343 e. The molecule has 0 N–H and O–H groups in total. The van der Waals surface area contributed by atoms with Crippen molar-refractivity contribution in [2.45, 2.75) is 62.3 Å². The van der Waals surface area contributed by atoms with Gasteiger partial charge in [-0.15, -0.1) is 0 Å². The van der Waals surface area contributed by atoms with E-state index in [1.54, 1.807) is 25.1 Å². The highest BCUT2D eigenvalue weighted by Crippen LogP contribution is 2.32. The summed E-state index contributed by atoms with van der Waals surface area (Å²) in [4.78, 5) is 18.3. The molecule has 0 atom stereocenters. The van der Waals surface area contributed by atoms with Crippen molar-refractivity contribution in [2.24, 2.45) is 5.92 Å². The van der Waals surface area contributed by atoms with E-state index in [2.05, 4.69) is 25.3 Å². The Bertz CT molecular complexity index is 1440. The number of aromatic nitrogens is 2. The molecule has 1 amide bonds. The molecular weight excluding hydrogens is 467 g/mol. The highest BCUT2D eigenvalue weighted by atomic mass is 32.2. The van der Waals surface area contributed by atoms with Crippen LogP contribution in [0.4, 0.5) is 4.39 Å². The molecule has 0 spiro atoms. The molecule has 1 saturated heterocycles. The number of rotatable bonds is 4. The topological polar surface area (TPSA) is 96.1 Å². The van der Waals surface area contributed by atoms with Gasteiger partial charge in [-0.2, -0.15) is 5.26 Å². The minimum Gasteiger partial charge on any atom is -0.343 e. The molecule has 0 bridgehead atoms. The van der Waals surface area contributed by atoms with Crippen molar-refractivity contribution >= 4 is 26.8 Å². The van der Waals surface area contributed by atoms with Crippen LogP contribution in [0.25, 0.3) is 11.0 Å². The number of hydrogen-bond acceptors (Lipinski definition) is 5. The summed E-state index contributed by atoms with van der Waals surface area (Å²) in [5.74, 6) is 0.592. The number of halogens is 1. The summed E-state index contributed by atoms with van der Waals surface area (Å²) >= 11 is 0. The van der Waals surface area contributed by atoms with Crippen LogP contribution in [0.2, 0.25) is 0 Å². The minimum absolute atomic E-state index is 0.0420. The number of sulfone groups is 1. The molecule has 4 rings (SSSR count). The maximum Gasteiger partial charge on any atom is 0.219 e. The van der Waals surface area contributed by atoms with Gasteiger partial charge < -0.3 is 9.47 Å². The summed E-state index contributed by atoms with van der Waals surface area (Å²) in [6.07, 6.45) is 1.81. The highest BCUT2D eigenvalue weighted by Gasteiger charge is 2.28. The number of nitriles is 1. The smallest absolute Gasteiger partial charge is 0.219 e. The lowest BCUT2D eigenvalue weighted by Gasteiger charge is -2.32. The zero-order chi connectivity index (χ0) is 25.5. The van der Waals surface area contributed by atoms with Crippen LogP contribution in [-0.2, 0) is 26.6 Å². The minimum atomic E-state index is -3.96. The van der Waals surface area contributed by atoms with E-state index in [0.29, 0.717) is 11.4 Å². The molecular formula is C26H29FN4O3S. The van der Waals surface area contributed by atoms with Crippen molar-refractivity contribution in [3.8, 4) is 6.07 Å². The summed E-state index contributed by atoms with van der Waals surface area (Å²) in [5, 5.41) is 9.09. The first-order chi connectivity index (χ1) is 16.4. The molecule has 2 aromatic carbocycles. The lowest BCUT2D eigenvalue weighted by atomic mass is 9.93. The molecule has 1 fully saturated rings. The van der Waals surface area contributed by atoms with Crippen molar-refractivity contribution in [3.05, 3.63) is 53.6 Å². The summed E-state index contributed by atoms with van der Waals surface area (Å²) in [6.45, 7) is 10.0. The fourth-order valence-electron chi connectivity index (χ4n) is 4.62. The number of imidazole rings is 1. The van der Waals surface area contributed by atoms with E-state index >= 15 is 0 Å². The number of likely N-dealkylation sites (tertiary alicyclic amines) is 1. The number of piperidine rings is 1. The Morgan fingerprint density at radius 3 is 2.37 bits per heavy atom. The monoisotopic (exact) mass is 496 g/mol. The predicted molar refractivity (Wildman–Crippen MR) is 130 cm³/mol. The molecule has 0 aliphatic carbocycles. The lowest BCUT2D eigenvalue weighted by Crippen LogP contribution is -2.38. The van der Waals surface area contributed by atoms with Crippen molar-refractivity contribution in [1.29, 1.82) is 5.26 Å². The Morgan fingerprint density at radius 2 is 1.77 bits per heavy atom. The van der Waals surface area contributed by atoms with Gasteiger partial charge >= 0.3 is 0 Å². The molecule has 2 heterocycles. The third-order valence-electron chi connectivity index (χ3n) is 6.57. The standard InChI is InChI=1S/C26H29FN4O3S/c1-17(32)30-11-9-18(10-12-30)16-31-24-8-6-21(14-23(24)29-25(31)26(2,3)4)35(33,34)20-5-7-22(27)19(13-20)15-28/h5-8,13-14,18H,9-12,16H2,1-4H3. The Kier molecular flexibility index (Phi) is 6.45. The summed E-state index contributed by atoms with van der Waals surface area (Å²) in [7, 11) is -3.96. The Hall–Kier alpha value is -3.25. The number of fused-ring (bicyclic) bond motifs is 1. The molecule has 1 aromatic heterocycles. The van der Waals surface area contributed by atoms with E-state index < -0.39 is 15.7 Å². The van der Waals surface area contributed by atoms with E-state index in [-0.39, 0.29) is 26.7 Å². The number of carbonyl (C=O) groups is 1. The molecule has 0 radical (unpaired) electrons. The van der Waals surface area contributed by atoms with Crippen LogP contribution in [0.1, 0.15) is 51.9 Å². The Morgan fingerprint density at radius 1 is 1.14 bits per heavy atom. The summed E-state index contributed by atoms with van der Waals surface area (Å²) < 4.78 is 42.4. The quantitative estimate of drug-likeness (QED) is 0.498. The SMILES string of the molecule is CC(=O)N1CCC(Cn2c(C(C)(C)C)nc3cc(S(=O)(=O)c4ccc(F)c(C#N)c4)ccc32)CC1. The first-order valence-electron chi connectivity index (χ1n) is 11.6. The summed E-state index contributed by atoms with van der Waals surface area (Å²) in [6, 6.07) is 9.76. The molecule has 0 saturated carbocycles. The van der Waals surface area contributed by atoms with Crippen LogP contribution < -0.4 is 0 Å². The molecule has 35 heavy (non-hydrogen) atoms. The van der Waals surface area contributed by atoms with Crippen LogP contribution in [-0.4, -0.2) is 41.9 Å². The van der Waals surface area contributed by atoms with Gasteiger partial charge in [0.2, 0.25) is 15.7 Å². The third kappa shape index (κ3) is 4.80. The van der Waals surface area contributed by atoms with Crippen LogP contribution >= 0.6 is 0 Å². The fraction of sp³-hybridized carbons (Fsp3) is 0.423. The lowest BCUT2D eigenvalue weighted by molar-refractivity contribution is -0.130. The van der Waals surface area contributed by atoms with E-state index in [0.717, 1.165) is 55.9 Å². The number of nitrogens with zero attached hydrogens (tertiary/aromatic N) is 4. The molecule has 7 nitrogen and oxygen atoms in total. The fourth-order valence-corrected chi connectivity index (χ4v) is 5.92. The number of carbonyl (C=O) groups excluding carboxylic acids is 1. The second kappa shape index (κ2) is 9.08. The van der Waals surface area contributed by atoms with Crippen molar-refractivity contribution in [3.63, 3.8) is 0 Å². The van der Waals surface area contributed by atoms with Gasteiger partial charge in [-0.25, -0.2) is 17.8 Å². The normalized spacial score (nSPS) is 15.4. The Balaban J connectivity index is 1.72. The van der Waals surface area contributed by atoms with Gasteiger partial charge in [-0.3, -0.25) is 4.79 Å². The third-order valence-corrected chi connectivity index (χ3v) is 8.32. The van der Waals surface area contributed by atoms with Crippen LogP contribution in [0.15, 0.2) is 46.2 Å². The molecule has 9 heteroatoms. The van der Waals surface area contributed by atoms with Gasteiger partial charge in [-0.05, 0) is 55.2 Å². The van der Waals surface area contributed by atoms with Gasteiger partial charge in [0.05, 0.1) is 26.4 Å². The number of amides is 1. The summed E-state index contributed by atoms with van der Waals surface area (Å²) in [5.41, 5.74) is 0.832. The average Bonchev–Trinajstić information content (AvgIpc) is 3.18. The predicted octanol–water partition coefficient (Wildman–Crippen LogP) is 4.44. The van der Waals surface area contributed by atoms with Gasteiger partial charge in [0.15, 0.2) is 0 Å². The van der Waals surface area contributed by atoms with Crippen molar-refractivity contribution in [1.82, 2.24) is 14.5 Å². The van der Waals surface area contributed by atoms with Crippen LogP contribution in [0.5, 0.6) is 0 Å². The van der Waals surface area contributed by atoms with E-state index in [4.69, 9.17) is 10.2 Å². The molecule has 1 aliphatic heterocycles. The van der Waals surface area contributed by atoms with Gasteiger partial charge in [0, 0.05) is 32.0 Å². The molecule has 1 aliphatic rings. The van der Waals surface area contributed by atoms with Crippen molar-refractivity contribution < 1.29 is 17.6 Å². The van der Waals surface area contributed by atoms with Gasteiger partial charge in [-0.1, -0.05) is 20.8 Å². The maximum atomic E-state index is 13.7. The zero-order valence-corrected chi connectivity index (χ0v) is 21.2. The van der Waals surface area contributed by atoms with E-state index in [9.17, 15) is 17.6 Å². The van der Waals surface area contributed by atoms with Crippen LogP contribution in [0, 0.1) is 23.1 Å². The van der Waals surface area contributed by atoms with Crippen LogP contribution in [0.3, 0.4) is 0 Å². The molecule has 3 aromatic rings. The number of hydrogen-bond donors (Lipinski definition) is 0. The molecule has 0 unspecified atom stereocenters. The Labute approximate surface area is 205 Å².